The summed E-state index contributed by atoms with van der Waals surface area (Å²) in [7, 11) is 0. The van der Waals surface area contributed by atoms with Crippen LogP contribution in [0.1, 0.15) is 46.3 Å². The van der Waals surface area contributed by atoms with Gasteiger partial charge in [-0.3, -0.25) is 19.7 Å². The molecule has 2 saturated heterocycles. The van der Waals surface area contributed by atoms with Crippen molar-refractivity contribution in [3.8, 4) is 0 Å². The van der Waals surface area contributed by atoms with E-state index in [1.807, 2.05) is 24.3 Å². The van der Waals surface area contributed by atoms with E-state index in [-0.39, 0.29) is 24.1 Å². The van der Waals surface area contributed by atoms with Crippen molar-refractivity contribution in [1.29, 1.82) is 0 Å². The number of nitrogens with zero attached hydrogens (tertiary/aromatic N) is 1. The van der Waals surface area contributed by atoms with Gasteiger partial charge in [-0.25, -0.2) is 0 Å². The van der Waals surface area contributed by atoms with Gasteiger partial charge in [-0.05, 0) is 42.5 Å². The summed E-state index contributed by atoms with van der Waals surface area (Å²) in [5.41, 5.74) is 3.93. The number of imide groups is 1. The van der Waals surface area contributed by atoms with Gasteiger partial charge in [-0.1, -0.05) is 48.5 Å². The Balaban J connectivity index is 1.27. The van der Waals surface area contributed by atoms with Crippen LogP contribution in [0.3, 0.4) is 0 Å². The molecule has 5 rings (SSSR count). The Morgan fingerprint density at radius 3 is 2.66 bits per heavy atom. The Morgan fingerprint density at radius 1 is 1.00 bits per heavy atom. The Labute approximate surface area is 187 Å². The fourth-order valence-corrected chi connectivity index (χ4v) is 5.17. The quantitative estimate of drug-likeness (QED) is 0.602. The van der Waals surface area contributed by atoms with E-state index in [9.17, 15) is 14.4 Å². The Hall–Kier alpha value is -3.03. The number of amides is 3. The molecule has 2 aromatic rings. The maximum atomic E-state index is 13.3. The first-order chi connectivity index (χ1) is 15.6. The fourth-order valence-electron chi connectivity index (χ4n) is 5.17. The van der Waals surface area contributed by atoms with Gasteiger partial charge in [0.05, 0.1) is 0 Å². The van der Waals surface area contributed by atoms with Gasteiger partial charge in [-0.15, -0.1) is 0 Å². The summed E-state index contributed by atoms with van der Waals surface area (Å²) >= 11 is 0. The number of rotatable bonds is 6. The van der Waals surface area contributed by atoms with Gasteiger partial charge in [0.2, 0.25) is 11.8 Å². The molecular formula is C25H28N4O3. The average molecular weight is 433 g/mol. The molecule has 32 heavy (non-hydrogen) atoms. The molecule has 7 nitrogen and oxygen atoms in total. The van der Waals surface area contributed by atoms with E-state index >= 15 is 0 Å². The maximum Gasteiger partial charge on any atom is 0.255 e. The van der Waals surface area contributed by atoms with Crippen LogP contribution in [-0.2, 0) is 29.1 Å². The van der Waals surface area contributed by atoms with Crippen LogP contribution in [0.15, 0.2) is 48.5 Å². The summed E-state index contributed by atoms with van der Waals surface area (Å²) in [4.78, 5) is 38.7. The monoisotopic (exact) mass is 432 g/mol. The van der Waals surface area contributed by atoms with Crippen LogP contribution in [0.2, 0.25) is 0 Å². The molecule has 0 aliphatic carbocycles. The zero-order chi connectivity index (χ0) is 22.1. The first kappa shape index (κ1) is 20.8. The molecule has 3 N–H and O–H groups in total. The van der Waals surface area contributed by atoms with Crippen molar-refractivity contribution in [1.82, 2.24) is 20.9 Å². The summed E-state index contributed by atoms with van der Waals surface area (Å²) in [5, 5.41) is 9.64. The molecule has 3 amide bonds. The highest BCUT2D eigenvalue weighted by atomic mass is 16.2. The largest absolute Gasteiger partial charge is 0.322 e. The molecule has 166 valence electrons. The Morgan fingerprint density at radius 2 is 1.84 bits per heavy atom. The predicted molar refractivity (Wildman–Crippen MR) is 120 cm³/mol. The van der Waals surface area contributed by atoms with Gasteiger partial charge in [0.1, 0.15) is 6.04 Å². The number of piperidine rings is 1. The average Bonchev–Trinajstić information content (AvgIpc) is 3.37. The number of nitrogens with one attached hydrogen (secondary N) is 3. The summed E-state index contributed by atoms with van der Waals surface area (Å²) in [6.07, 6.45) is 2.66. The molecule has 0 aromatic heterocycles. The summed E-state index contributed by atoms with van der Waals surface area (Å²) in [6.45, 7) is 2.00. The van der Waals surface area contributed by atoms with Gasteiger partial charge in [0.25, 0.3) is 5.91 Å². The van der Waals surface area contributed by atoms with E-state index in [0.29, 0.717) is 37.2 Å². The second-order valence-electron chi connectivity index (χ2n) is 8.88. The van der Waals surface area contributed by atoms with Crippen LogP contribution < -0.4 is 16.0 Å². The number of carbonyl (C=O) groups is 3. The highest BCUT2D eigenvalue weighted by molar-refractivity contribution is 6.05. The number of hydrogen-bond donors (Lipinski definition) is 3. The van der Waals surface area contributed by atoms with Crippen molar-refractivity contribution in [2.75, 3.05) is 6.54 Å². The highest BCUT2D eigenvalue weighted by Gasteiger charge is 2.40. The first-order valence-electron chi connectivity index (χ1n) is 11.4. The second kappa shape index (κ2) is 8.84. The van der Waals surface area contributed by atoms with Gasteiger partial charge in [0, 0.05) is 37.2 Å². The molecule has 3 aliphatic heterocycles. The molecule has 0 spiro atoms. The molecule has 2 aromatic carbocycles. The summed E-state index contributed by atoms with van der Waals surface area (Å²) in [5.74, 6) is -0.754. The summed E-state index contributed by atoms with van der Waals surface area (Å²) in [6, 6.07) is 16.5. The minimum atomic E-state index is -0.581. The third kappa shape index (κ3) is 4.06. The molecule has 3 heterocycles. The SMILES string of the molecule is O=C1CCC(N2Cc3cccc(CNC4CCNC4Cc4ccccc4)c3C2=O)C(=O)N1. The van der Waals surface area contributed by atoms with Crippen molar-refractivity contribution in [2.24, 2.45) is 0 Å². The normalized spacial score (nSPS) is 25.2. The van der Waals surface area contributed by atoms with Crippen LogP contribution in [-0.4, -0.2) is 47.3 Å². The number of hydrogen-bond acceptors (Lipinski definition) is 5. The van der Waals surface area contributed by atoms with Gasteiger partial charge in [-0.2, -0.15) is 0 Å². The zero-order valence-corrected chi connectivity index (χ0v) is 18.0. The van der Waals surface area contributed by atoms with Gasteiger partial charge < -0.3 is 15.5 Å². The zero-order valence-electron chi connectivity index (χ0n) is 18.0. The van der Waals surface area contributed by atoms with Crippen LogP contribution in [0, 0.1) is 0 Å². The lowest BCUT2D eigenvalue weighted by Gasteiger charge is -2.29. The van der Waals surface area contributed by atoms with Crippen LogP contribution in [0.5, 0.6) is 0 Å². The van der Waals surface area contributed by atoms with Gasteiger partial charge >= 0.3 is 0 Å². The number of carbonyl (C=O) groups excluding carboxylic acids is 3. The minimum Gasteiger partial charge on any atom is -0.322 e. The molecule has 0 bridgehead atoms. The molecule has 7 heteroatoms. The number of benzene rings is 2. The standard InChI is InChI=1S/C25H28N4O3/c30-22-10-9-21(24(31)28-22)29-15-18-8-4-7-17(23(18)25(29)32)14-27-19-11-12-26-20(19)13-16-5-2-1-3-6-16/h1-8,19-21,26-27H,9-15H2,(H,28,30,31). The van der Waals surface area contributed by atoms with Crippen molar-refractivity contribution in [3.05, 3.63) is 70.8 Å². The third-order valence-corrected chi connectivity index (χ3v) is 6.84. The Bertz CT molecular complexity index is 1040. The molecule has 2 fully saturated rings. The van der Waals surface area contributed by atoms with Crippen molar-refractivity contribution in [3.63, 3.8) is 0 Å². The van der Waals surface area contributed by atoms with Crippen LogP contribution >= 0.6 is 0 Å². The topological polar surface area (TPSA) is 90.5 Å². The van der Waals surface area contributed by atoms with E-state index in [1.54, 1.807) is 4.90 Å². The molecular weight excluding hydrogens is 404 g/mol. The van der Waals surface area contributed by atoms with E-state index in [4.69, 9.17) is 0 Å². The predicted octanol–water partition coefficient (Wildman–Crippen LogP) is 1.51. The first-order valence-corrected chi connectivity index (χ1v) is 11.4. The van der Waals surface area contributed by atoms with Crippen LogP contribution in [0.25, 0.3) is 0 Å². The van der Waals surface area contributed by atoms with E-state index in [2.05, 4.69) is 40.2 Å². The highest BCUT2D eigenvalue weighted by Crippen LogP contribution is 2.30. The fraction of sp³-hybridized carbons (Fsp3) is 0.400. The molecule has 0 radical (unpaired) electrons. The second-order valence-corrected chi connectivity index (χ2v) is 8.88. The van der Waals surface area contributed by atoms with E-state index in [0.717, 1.165) is 30.5 Å². The maximum absolute atomic E-state index is 13.3. The smallest absolute Gasteiger partial charge is 0.255 e. The van der Waals surface area contributed by atoms with Crippen LogP contribution in [0.4, 0.5) is 0 Å². The van der Waals surface area contributed by atoms with Crippen molar-refractivity contribution >= 4 is 17.7 Å². The summed E-state index contributed by atoms with van der Waals surface area (Å²) < 4.78 is 0. The lowest BCUT2D eigenvalue weighted by atomic mass is 9.99. The van der Waals surface area contributed by atoms with Gasteiger partial charge in [0.15, 0.2) is 0 Å². The molecule has 3 unspecified atom stereocenters. The minimum absolute atomic E-state index is 0.114. The van der Waals surface area contributed by atoms with E-state index in [1.165, 1.54) is 5.56 Å². The molecule has 3 atom stereocenters. The van der Waals surface area contributed by atoms with Crippen molar-refractivity contribution in [2.45, 2.75) is 56.9 Å². The lowest BCUT2D eigenvalue weighted by molar-refractivity contribution is -0.136. The Kier molecular flexibility index (Phi) is 5.76. The molecule has 3 aliphatic rings. The number of fused-ring (bicyclic) bond motifs is 1. The lowest BCUT2D eigenvalue weighted by Crippen LogP contribution is -2.52. The van der Waals surface area contributed by atoms with E-state index < -0.39 is 6.04 Å². The third-order valence-electron chi connectivity index (χ3n) is 6.84. The molecule has 0 saturated carbocycles. The van der Waals surface area contributed by atoms with Crippen molar-refractivity contribution < 1.29 is 14.4 Å².